The van der Waals surface area contributed by atoms with Gasteiger partial charge in [-0.05, 0) is 56.2 Å². The molecule has 1 aromatic heterocycles. The molecule has 0 N–H and O–H groups in total. The van der Waals surface area contributed by atoms with Crippen LogP contribution in [0.25, 0.3) is 16.8 Å². The number of alkyl halides is 3. The largest absolute Gasteiger partial charge is 0.416 e. The summed E-state index contributed by atoms with van der Waals surface area (Å²) in [5, 5.41) is 0. The molecule has 0 saturated carbocycles. The predicted molar refractivity (Wildman–Crippen MR) is 112 cm³/mol. The third kappa shape index (κ3) is 5.06. The summed E-state index contributed by atoms with van der Waals surface area (Å²) in [5.74, 6) is -0.121. The number of aryl methyl sites for hydroxylation is 2. The van der Waals surface area contributed by atoms with Gasteiger partial charge in [0.05, 0.1) is 17.9 Å². The zero-order valence-electron chi connectivity index (χ0n) is 16.6. The van der Waals surface area contributed by atoms with Crippen LogP contribution in [0.4, 0.5) is 13.2 Å². The molecule has 3 aromatic rings. The van der Waals surface area contributed by atoms with E-state index in [-0.39, 0.29) is 11.4 Å². The highest BCUT2D eigenvalue weighted by Crippen LogP contribution is 2.35. The molecule has 0 radical (unpaired) electrons. The van der Waals surface area contributed by atoms with Gasteiger partial charge in [0.2, 0.25) is 12.3 Å². The van der Waals surface area contributed by atoms with Gasteiger partial charge in [-0.15, -0.1) is 0 Å². The SMILES string of the molecule is CCOSOc1cc(C(F)(F)F)ccc1-n1ccc(-c2cc(C)cc(C)c2)cc1=O. The molecular formula is C22H20F3NO3S. The molecule has 8 heteroatoms. The van der Waals surface area contributed by atoms with Crippen molar-refractivity contribution in [2.24, 2.45) is 0 Å². The van der Waals surface area contributed by atoms with Crippen molar-refractivity contribution in [2.45, 2.75) is 26.9 Å². The van der Waals surface area contributed by atoms with E-state index in [4.69, 9.17) is 8.37 Å². The van der Waals surface area contributed by atoms with E-state index in [0.717, 1.165) is 34.4 Å². The van der Waals surface area contributed by atoms with Gasteiger partial charge in [0.15, 0.2) is 5.75 Å². The number of hydrogen-bond acceptors (Lipinski definition) is 4. The van der Waals surface area contributed by atoms with Crippen LogP contribution in [-0.4, -0.2) is 11.2 Å². The van der Waals surface area contributed by atoms with Gasteiger partial charge in [-0.2, -0.15) is 13.2 Å². The summed E-state index contributed by atoms with van der Waals surface area (Å²) >= 11 is 0.561. The van der Waals surface area contributed by atoms with Crippen LogP contribution in [0.3, 0.4) is 0 Å². The van der Waals surface area contributed by atoms with Crippen LogP contribution in [0.1, 0.15) is 23.6 Å². The fraction of sp³-hybridized carbons (Fsp3) is 0.227. The van der Waals surface area contributed by atoms with E-state index in [1.807, 2.05) is 32.0 Å². The van der Waals surface area contributed by atoms with Gasteiger partial charge in [0.25, 0.3) is 5.56 Å². The van der Waals surface area contributed by atoms with Crippen LogP contribution in [0, 0.1) is 13.8 Å². The van der Waals surface area contributed by atoms with Crippen LogP contribution < -0.4 is 9.74 Å². The topological polar surface area (TPSA) is 40.5 Å². The fourth-order valence-electron chi connectivity index (χ4n) is 3.06. The minimum absolute atomic E-state index is 0.121. The fourth-order valence-corrected chi connectivity index (χ4v) is 3.42. The van der Waals surface area contributed by atoms with Crippen molar-refractivity contribution in [2.75, 3.05) is 6.61 Å². The minimum atomic E-state index is -4.54. The van der Waals surface area contributed by atoms with Crippen molar-refractivity contribution < 1.29 is 21.5 Å². The number of aromatic nitrogens is 1. The molecule has 0 unspecified atom stereocenters. The van der Waals surface area contributed by atoms with Crippen molar-refractivity contribution in [1.82, 2.24) is 4.57 Å². The summed E-state index contributed by atoms with van der Waals surface area (Å²) in [5.41, 5.74) is 2.68. The van der Waals surface area contributed by atoms with Gasteiger partial charge in [-0.3, -0.25) is 13.5 Å². The second kappa shape index (κ2) is 8.97. The first kappa shape index (κ1) is 22.0. The van der Waals surface area contributed by atoms with Gasteiger partial charge in [-0.25, -0.2) is 0 Å². The number of rotatable bonds is 6. The van der Waals surface area contributed by atoms with Gasteiger partial charge in [-0.1, -0.05) is 29.3 Å². The number of nitrogens with zero attached hydrogens (tertiary/aromatic N) is 1. The average molecular weight is 435 g/mol. The van der Waals surface area contributed by atoms with Crippen molar-refractivity contribution in [1.29, 1.82) is 0 Å². The van der Waals surface area contributed by atoms with Crippen molar-refractivity contribution in [3.05, 3.63) is 81.8 Å². The van der Waals surface area contributed by atoms with Crippen LogP contribution in [0.5, 0.6) is 5.75 Å². The summed E-state index contributed by atoms with van der Waals surface area (Å²) in [6, 6.07) is 12.1. The Morgan fingerprint density at radius 2 is 1.67 bits per heavy atom. The first-order valence-corrected chi connectivity index (χ1v) is 9.85. The van der Waals surface area contributed by atoms with Gasteiger partial charge in [0, 0.05) is 12.3 Å². The summed E-state index contributed by atoms with van der Waals surface area (Å²) in [6.07, 6.45) is -3.01. The molecule has 158 valence electrons. The lowest BCUT2D eigenvalue weighted by Crippen LogP contribution is -2.17. The zero-order chi connectivity index (χ0) is 21.9. The van der Waals surface area contributed by atoms with E-state index in [2.05, 4.69) is 0 Å². The smallest absolute Gasteiger partial charge is 0.398 e. The molecular weight excluding hydrogens is 415 g/mol. The lowest BCUT2D eigenvalue weighted by atomic mass is 10.0. The molecule has 0 atom stereocenters. The van der Waals surface area contributed by atoms with E-state index >= 15 is 0 Å². The summed E-state index contributed by atoms with van der Waals surface area (Å²) in [6.45, 7) is 5.97. The molecule has 0 aliphatic rings. The number of pyridine rings is 1. The highest BCUT2D eigenvalue weighted by molar-refractivity contribution is 7.90. The molecule has 0 saturated heterocycles. The van der Waals surface area contributed by atoms with Crippen molar-refractivity contribution >= 4 is 12.3 Å². The van der Waals surface area contributed by atoms with Crippen LogP contribution >= 0.6 is 12.3 Å². The first-order valence-electron chi connectivity index (χ1n) is 9.18. The van der Waals surface area contributed by atoms with E-state index < -0.39 is 17.3 Å². The molecule has 2 aromatic carbocycles. The highest BCUT2D eigenvalue weighted by atomic mass is 32.2. The van der Waals surface area contributed by atoms with Crippen molar-refractivity contribution in [3.63, 3.8) is 0 Å². The molecule has 1 heterocycles. The predicted octanol–water partition coefficient (Wildman–Crippen LogP) is 6.12. The average Bonchev–Trinajstić information content (AvgIpc) is 2.67. The van der Waals surface area contributed by atoms with Crippen LogP contribution in [0.15, 0.2) is 59.5 Å². The van der Waals surface area contributed by atoms with Gasteiger partial charge < -0.3 is 4.18 Å². The summed E-state index contributed by atoms with van der Waals surface area (Å²) < 4.78 is 50.9. The van der Waals surface area contributed by atoms with Gasteiger partial charge in [0.1, 0.15) is 0 Å². The van der Waals surface area contributed by atoms with Crippen LogP contribution in [0.2, 0.25) is 0 Å². The second-order valence-electron chi connectivity index (χ2n) is 6.74. The lowest BCUT2D eigenvalue weighted by molar-refractivity contribution is -0.137. The van der Waals surface area contributed by atoms with Crippen molar-refractivity contribution in [3.8, 4) is 22.6 Å². The van der Waals surface area contributed by atoms with E-state index in [9.17, 15) is 18.0 Å². The van der Waals surface area contributed by atoms with E-state index in [1.54, 1.807) is 13.0 Å². The molecule has 30 heavy (non-hydrogen) atoms. The Labute approximate surface area is 176 Å². The Morgan fingerprint density at radius 3 is 2.27 bits per heavy atom. The number of hydrogen-bond donors (Lipinski definition) is 0. The van der Waals surface area contributed by atoms with Crippen LogP contribution in [-0.2, 0) is 10.4 Å². The molecule has 0 bridgehead atoms. The Balaban J connectivity index is 2.04. The first-order chi connectivity index (χ1) is 14.2. The van der Waals surface area contributed by atoms with E-state index in [1.165, 1.54) is 22.9 Å². The third-order valence-electron chi connectivity index (χ3n) is 4.31. The lowest BCUT2D eigenvalue weighted by Gasteiger charge is -2.15. The molecule has 4 nitrogen and oxygen atoms in total. The number of benzene rings is 2. The van der Waals surface area contributed by atoms with Gasteiger partial charge >= 0.3 is 6.18 Å². The maximum absolute atomic E-state index is 13.1. The standard InChI is InChI=1S/C22H20F3NO3S/c1-4-28-30-29-20-13-18(22(23,24)25)5-6-19(20)26-8-7-16(12-21(26)27)17-10-14(2)9-15(3)11-17/h5-13H,4H2,1-3H3. The molecule has 0 aliphatic heterocycles. The monoisotopic (exact) mass is 435 g/mol. The Morgan fingerprint density at radius 1 is 0.967 bits per heavy atom. The molecule has 0 spiro atoms. The molecule has 0 fully saturated rings. The third-order valence-corrected chi connectivity index (χ3v) is 4.89. The quantitative estimate of drug-likeness (QED) is 0.346. The minimum Gasteiger partial charge on any atom is -0.398 e. The second-order valence-corrected chi connectivity index (χ2v) is 7.28. The Kier molecular flexibility index (Phi) is 6.58. The zero-order valence-corrected chi connectivity index (χ0v) is 17.4. The summed E-state index contributed by atoms with van der Waals surface area (Å²) in [4.78, 5) is 12.8. The maximum Gasteiger partial charge on any atom is 0.416 e. The summed E-state index contributed by atoms with van der Waals surface area (Å²) in [7, 11) is 0. The Bertz CT molecular complexity index is 1090. The maximum atomic E-state index is 13.1. The normalized spacial score (nSPS) is 11.5. The molecule has 0 amide bonds. The number of halogens is 3. The highest BCUT2D eigenvalue weighted by Gasteiger charge is 2.31. The Hall–Kier alpha value is -2.71. The molecule has 3 rings (SSSR count). The molecule has 0 aliphatic carbocycles. The van der Waals surface area contributed by atoms with E-state index in [0.29, 0.717) is 18.9 Å².